The zero-order valence-corrected chi connectivity index (χ0v) is 28.4. The molecule has 1 fully saturated rings. The van der Waals surface area contributed by atoms with E-state index in [2.05, 4.69) is 10.1 Å². The van der Waals surface area contributed by atoms with Crippen molar-refractivity contribution in [3.63, 3.8) is 0 Å². The first-order valence-electron chi connectivity index (χ1n) is 16.2. The van der Waals surface area contributed by atoms with Crippen molar-refractivity contribution in [3.05, 3.63) is 35.9 Å². The maximum absolute atomic E-state index is 13.5. The van der Waals surface area contributed by atoms with Gasteiger partial charge in [-0.2, -0.15) is 0 Å². The Labute approximate surface area is 281 Å². The van der Waals surface area contributed by atoms with Gasteiger partial charge in [-0.05, 0) is 44.1 Å². The van der Waals surface area contributed by atoms with Gasteiger partial charge in [-0.1, -0.05) is 44.2 Å². The number of esters is 2. The van der Waals surface area contributed by atoms with Crippen LogP contribution in [0, 0.1) is 5.92 Å². The Bertz CT molecular complexity index is 1200. The summed E-state index contributed by atoms with van der Waals surface area (Å²) in [5, 5.41) is 24.6. The molecule has 8 atom stereocenters. The van der Waals surface area contributed by atoms with Crippen molar-refractivity contribution in [2.45, 2.75) is 115 Å². The van der Waals surface area contributed by atoms with Gasteiger partial charge in [0, 0.05) is 26.3 Å². The number of ether oxygens (including phenoxy) is 4. The second kappa shape index (κ2) is 20.0. The Hall–Kier alpha value is -3.63. The normalized spacial score (nSPS) is 22.6. The summed E-state index contributed by atoms with van der Waals surface area (Å²) in [6, 6.07) is 6.34. The van der Waals surface area contributed by atoms with Crippen LogP contribution in [0.25, 0.3) is 0 Å². The van der Waals surface area contributed by atoms with E-state index in [0.717, 1.165) is 23.3 Å². The van der Waals surface area contributed by atoms with Crippen molar-refractivity contribution in [2.75, 3.05) is 20.3 Å². The van der Waals surface area contributed by atoms with Crippen LogP contribution < -0.4 is 16.8 Å². The van der Waals surface area contributed by atoms with Gasteiger partial charge >= 0.3 is 11.9 Å². The number of methoxy groups -OCH3 is 1. The van der Waals surface area contributed by atoms with Gasteiger partial charge in [0.15, 0.2) is 6.29 Å². The second-order valence-electron chi connectivity index (χ2n) is 12.4. The molecule has 48 heavy (non-hydrogen) atoms. The quantitative estimate of drug-likeness (QED) is 0.0954. The number of nitrogens with zero attached hydrogens (tertiary/aromatic N) is 1. The number of primary amides is 1. The van der Waals surface area contributed by atoms with E-state index in [1.807, 2.05) is 30.3 Å². The Morgan fingerprint density at radius 1 is 1.02 bits per heavy atom. The molecule has 15 heteroatoms. The molecule has 1 aliphatic rings. The maximum atomic E-state index is 13.5. The molecule has 15 nitrogen and oxygen atoms in total. The predicted molar refractivity (Wildman–Crippen MR) is 173 cm³/mol. The highest BCUT2D eigenvalue weighted by Crippen LogP contribution is 2.25. The minimum absolute atomic E-state index is 0.141. The van der Waals surface area contributed by atoms with E-state index in [0.29, 0.717) is 6.42 Å². The smallest absolute Gasteiger partial charge is 0.305 e. The molecule has 1 aromatic rings. The number of nitrogens with two attached hydrogens (primary N) is 2. The first-order valence-corrected chi connectivity index (χ1v) is 16.2. The van der Waals surface area contributed by atoms with Crippen molar-refractivity contribution < 1.29 is 53.1 Å². The summed E-state index contributed by atoms with van der Waals surface area (Å²) in [6.07, 6.45) is -4.67. The Kier molecular flexibility index (Phi) is 16.9. The van der Waals surface area contributed by atoms with Crippen molar-refractivity contribution in [2.24, 2.45) is 17.4 Å². The lowest BCUT2D eigenvalue weighted by atomic mass is 9.96. The Morgan fingerprint density at radius 3 is 2.27 bits per heavy atom. The SMILES string of the molecule is COC(=O)CC[C@H](C(N)=O)N(CC(C)O[C@H]1[C@H](O)[C@@H](COC(=O)CCCCc2ccccc2)O[C@H](O)[C@@H]1NC(C)=O)C(=O)[C@@H](N)C(C)C. The molecule has 2 rings (SSSR count). The number of rotatable bonds is 19. The number of amides is 3. The van der Waals surface area contributed by atoms with Crippen LogP contribution in [0.4, 0.5) is 0 Å². The van der Waals surface area contributed by atoms with Gasteiger partial charge in [0.05, 0.1) is 19.3 Å². The molecule has 270 valence electrons. The average molecular weight is 681 g/mol. The van der Waals surface area contributed by atoms with Crippen molar-refractivity contribution in [1.29, 1.82) is 0 Å². The largest absolute Gasteiger partial charge is 0.469 e. The van der Waals surface area contributed by atoms with Gasteiger partial charge in [-0.3, -0.25) is 24.0 Å². The van der Waals surface area contributed by atoms with E-state index in [4.69, 9.17) is 25.7 Å². The predicted octanol–water partition coefficient (Wildman–Crippen LogP) is -0.0819. The van der Waals surface area contributed by atoms with E-state index in [-0.39, 0.29) is 31.7 Å². The van der Waals surface area contributed by atoms with Crippen LogP contribution in [0.5, 0.6) is 0 Å². The summed E-state index contributed by atoms with van der Waals surface area (Å²) in [5.74, 6) is -3.48. The minimum atomic E-state index is -1.66. The van der Waals surface area contributed by atoms with Gasteiger partial charge in [-0.15, -0.1) is 0 Å². The summed E-state index contributed by atoms with van der Waals surface area (Å²) in [6.45, 7) is 5.54. The van der Waals surface area contributed by atoms with Gasteiger partial charge in [-0.25, -0.2) is 0 Å². The van der Waals surface area contributed by atoms with E-state index in [9.17, 15) is 34.2 Å². The molecule has 1 aliphatic heterocycles. The highest BCUT2D eigenvalue weighted by atomic mass is 16.6. The minimum Gasteiger partial charge on any atom is -0.469 e. The maximum Gasteiger partial charge on any atom is 0.305 e. The van der Waals surface area contributed by atoms with Crippen LogP contribution in [0.1, 0.15) is 65.4 Å². The molecule has 0 bridgehead atoms. The number of benzene rings is 1. The fourth-order valence-corrected chi connectivity index (χ4v) is 5.36. The zero-order chi connectivity index (χ0) is 36.0. The van der Waals surface area contributed by atoms with Crippen LogP contribution in [0.2, 0.25) is 0 Å². The molecule has 1 aromatic carbocycles. The Balaban J connectivity index is 2.15. The number of aryl methyl sites for hydroxylation is 1. The third-order valence-corrected chi connectivity index (χ3v) is 8.09. The molecule has 3 amide bonds. The fraction of sp³-hybridized carbons (Fsp3) is 0.667. The van der Waals surface area contributed by atoms with Crippen LogP contribution in [-0.2, 0) is 49.3 Å². The van der Waals surface area contributed by atoms with Gasteiger partial charge in [0.2, 0.25) is 17.7 Å². The molecule has 0 radical (unpaired) electrons. The molecule has 1 unspecified atom stereocenters. The lowest BCUT2D eigenvalue weighted by molar-refractivity contribution is -0.269. The van der Waals surface area contributed by atoms with Gasteiger partial charge in [0.25, 0.3) is 0 Å². The summed E-state index contributed by atoms with van der Waals surface area (Å²) in [7, 11) is 1.19. The van der Waals surface area contributed by atoms with Gasteiger partial charge in [0.1, 0.15) is 37.0 Å². The first kappa shape index (κ1) is 40.5. The van der Waals surface area contributed by atoms with Crippen LogP contribution >= 0.6 is 0 Å². The van der Waals surface area contributed by atoms with Crippen LogP contribution in [-0.4, -0.2) is 114 Å². The van der Waals surface area contributed by atoms with Gasteiger partial charge < -0.3 is 50.8 Å². The fourth-order valence-electron chi connectivity index (χ4n) is 5.36. The lowest BCUT2D eigenvalue weighted by Crippen LogP contribution is -2.66. The highest BCUT2D eigenvalue weighted by Gasteiger charge is 2.47. The van der Waals surface area contributed by atoms with Crippen LogP contribution in [0.3, 0.4) is 0 Å². The van der Waals surface area contributed by atoms with Crippen molar-refractivity contribution in [3.8, 4) is 0 Å². The topological polar surface area (TPSA) is 230 Å². The number of hydrogen-bond acceptors (Lipinski definition) is 12. The average Bonchev–Trinajstić information content (AvgIpc) is 3.04. The third-order valence-electron chi connectivity index (χ3n) is 8.09. The molecular weight excluding hydrogens is 628 g/mol. The number of carbonyl (C=O) groups is 5. The number of hydrogen-bond donors (Lipinski definition) is 5. The molecule has 1 heterocycles. The van der Waals surface area contributed by atoms with Crippen molar-refractivity contribution in [1.82, 2.24) is 10.2 Å². The molecule has 0 spiro atoms. The second-order valence-corrected chi connectivity index (χ2v) is 12.4. The summed E-state index contributed by atoms with van der Waals surface area (Å²) in [5.41, 5.74) is 13.0. The standard InChI is InChI=1S/C33H52N4O11/c1-19(2)27(34)32(43)37(23(31(35)42)15-16-25(39)45-5)17-20(3)47-30-28(36-21(4)38)33(44)48-24(29(30)41)18-46-26(40)14-10-9-13-22-11-7-6-8-12-22/h6-8,11-12,19-20,23-24,27-30,33,41,44H,9-10,13-18,34H2,1-5H3,(H2,35,42)(H,36,38)/t20?,23-,24-,27+,28-,29-,30-,33+/m1/s1. The number of aliphatic hydroxyl groups excluding tert-OH is 2. The first-order chi connectivity index (χ1) is 22.7. The van der Waals surface area contributed by atoms with E-state index in [1.165, 1.54) is 14.0 Å². The summed E-state index contributed by atoms with van der Waals surface area (Å²) >= 11 is 0. The van der Waals surface area contributed by atoms with E-state index >= 15 is 0 Å². The molecule has 1 saturated heterocycles. The number of nitrogens with one attached hydrogen (secondary N) is 1. The lowest BCUT2D eigenvalue weighted by Gasteiger charge is -2.44. The summed E-state index contributed by atoms with van der Waals surface area (Å²) in [4.78, 5) is 63.4. The molecule has 0 aromatic heterocycles. The monoisotopic (exact) mass is 680 g/mol. The number of unbranched alkanes of at least 4 members (excludes halogenated alkanes) is 1. The van der Waals surface area contributed by atoms with Crippen LogP contribution in [0.15, 0.2) is 30.3 Å². The zero-order valence-electron chi connectivity index (χ0n) is 28.4. The van der Waals surface area contributed by atoms with E-state index in [1.54, 1.807) is 20.8 Å². The van der Waals surface area contributed by atoms with Crippen molar-refractivity contribution >= 4 is 29.7 Å². The molecule has 7 N–H and O–H groups in total. The summed E-state index contributed by atoms with van der Waals surface area (Å²) < 4.78 is 21.6. The Morgan fingerprint density at radius 2 is 1.69 bits per heavy atom. The number of carbonyl (C=O) groups excluding carboxylic acids is 5. The highest BCUT2D eigenvalue weighted by molar-refractivity contribution is 5.89. The molecule has 0 aliphatic carbocycles. The number of aliphatic hydroxyl groups is 2. The molecular formula is C33H52N4O11. The third kappa shape index (κ3) is 12.8. The molecule has 0 saturated carbocycles. The van der Waals surface area contributed by atoms with E-state index < -0.39 is 85.1 Å².